The molecule has 0 bridgehead atoms. The van der Waals surface area contributed by atoms with E-state index in [0.717, 1.165) is 24.1 Å². The number of hydrogen-bond acceptors (Lipinski definition) is 4. The van der Waals surface area contributed by atoms with Crippen LogP contribution in [0.15, 0.2) is 24.5 Å². The van der Waals surface area contributed by atoms with E-state index < -0.39 is 0 Å². The molecular formula is C18H23N5O2. The van der Waals surface area contributed by atoms with Crippen molar-refractivity contribution in [1.82, 2.24) is 24.8 Å². The summed E-state index contributed by atoms with van der Waals surface area (Å²) >= 11 is 0. The number of carbonyl (C=O) groups is 2. The Hall–Kier alpha value is -2.70. The summed E-state index contributed by atoms with van der Waals surface area (Å²) < 4.78 is 1.83. The van der Waals surface area contributed by atoms with Crippen LogP contribution in [0, 0.1) is 6.92 Å². The summed E-state index contributed by atoms with van der Waals surface area (Å²) in [5.41, 5.74) is 2.36. The first kappa shape index (κ1) is 17.1. The third-order valence-electron chi connectivity index (χ3n) is 4.54. The van der Waals surface area contributed by atoms with Gasteiger partial charge in [0.2, 0.25) is 5.91 Å². The van der Waals surface area contributed by atoms with Gasteiger partial charge < -0.3 is 14.8 Å². The van der Waals surface area contributed by atoms with Gasteiger partial charge in [0.25, 0.3) is 5.91 Å². The zero-order valence-corrected chi connectivity index (χ0v) is 14.8. The lowest BCUT2D eigenvalue weighted by atomic mass is 10.1. The van der Waals surface area contributed by atoms with E-state index >= 15 is 0 Å². The molecule has 1 N–H and O–H groups in total. The van der Waals surface area contributed by atoms with E-state index in [1.165, 1.54) is 6.92 Å². The highest BCUT2D eigenvalue weighted by atomic mass is 16.2. The first-order valence-corrected chi connectivity index (χ1v) is 8.46. The largest absolute Gasteiger partial charge is 0.352 e. The SMILES string of the molecule is CC(=O)NCc1cnc(C)nc1[C@H]1CCCN1C(=O)c1cccn1C. The standard InChI is InChI=1S/C18H23N5O2/c1-12-19-10-14(11-20-13(2)24)17(21-12)15-6-5-9-23(15)18(25)16-7-4-8-22(16)3/h4,7-8,10,15H,5-6,9,11H2,1-3H3,(H,20,24)/t15-/m1/s1. The van der Waals surface area contributed by atoms with Crippen molar-refractivity contribution in [2.75, 3.05) is 6.54 Å². The Balaban J connectivity index is 1.91. The van der Waals surface area contributed by atoms with Gasteiger partial charge in [-0.15, -0.1) is 0 Å². The Kier molecular flexibility index (Phi) is 4.83. The van der Waals surface area contributed by atoms with Gasteiger partial charge in [0.05, 0.1) is 11.7 Å². The van der Waals surface area contributed by atoms with Gasteiger partial charge in [-0.25, -0.2) is 9.97 Å². The third-order valence-corrected chi connectivity index (χ3v) is 4.54. The number of nitrogens with zero attached hydrogens (tertiary/aromatic N) is 4. The number of hydrogen-bond donors (Lipinski definition) is 1. The lowest BCUT2D eigenvalue weighted by Crippen LogP contribution is -2.33. The number of likely N-dealkylation sites (tertiary alicyclic amines) is 1. The molecule has 0 aliphatic carbocycles. The highest BCUT2D eigenvalue weighted by molar-refractivity contribution is 5.93. The third kappa shape index (κ3) is 3.55. The van der Waals surface area contributed by atoms with Gasteiger partial charge in [-0.1, -0.05) is 0 Å². The van der Waals surface area contributed by atoms with Crippen LogP contribution in [-0.4, -0.2) is 37.8 Å². The minimum absolute atomic E-state index is 0.0109. The second kappa shape index (κ2) is 7.04. The summed E-state index contributed by atoms with van der Waals surface area (Å²) in [6.45, 7) is 4.39. The van der Waals surface area contributed by atoms with Gasteiger partial charge in [0, 0.05) is 45.0 Å². The average molecular weight is 341 g/mol. The molecule has 0 saturated carbocycles. The molecule has 25 heavy (non-hydrogen) atoms. The highest BCUT2D eigenvalue weighted by Gasteiger charge is 2.34. The van der Waals surface area contributed by atoms with E-state index in [0.29, 0.717) is 24.6 Å². The molecule has 3 rings (SSSR count). The van der Waals surface area contributed by atoms with Crippen molar-refractivity contribution in [3.63, 3.8) is 0 Å². The lowest BCUT2D eigenvalue weighted by Gasteiger charge is -2.26. The molecule has 0 radical (unpaired) electrons. The predicted octanol–water partition coefficient (Wildman–Crippen LogP) is 1.74. The van der Waals surface area contributed by atoms with Crippen LogP contribution in [0.2, 0.25) is 0 Å². The molecule has 0 spiro atoms. The maximum atomic E-state index is 13.0. The minimum Gasteiger partial charge on any atom is -0.352 e. The summed E-state index contributed by atoms with van der Waals surface area (Å²) in [5.74, 6) is 0.575. The van der Waals surface area contributed by atoms with Crippen LogP contribution in [0.1, 0.15) is 53.4 Å². The van der Waals surface area contributed by atoms with E-state index in [1.54, 1.807) is 6.20 Å². The molecule has 0 unspecified atom stereocenters. The molecule has 0 aromatic carbocycles. The minimum atomic E-state index is -0.102. The summed E-state index contributed by atoms with van der Waals surface area (Å²) in [6, 6.07) is 3.61. The Morgan fingerprint density at radius 2 is 2.20 bits per heavy atom. The molecule has 3 heterocycles. The number of aryl methyl sites for hydroxylation is 2. The maximum Gasteiger partial charge on any atom is 0.271 e. The molecular weight excluding hydrogens is 318 g/mol. The maximum absolute atomic E-state index is 13.0. The van der Waals surface area contributed by atoms with Crippen molar-refractivity contribution in [2.45, 2.75) is 39.3 Å². The van der Waals surface area contributed by atoms with Crippen molar-refractivity contribution < 1.29 is 9.59 Å². The zero-order chi connectivity index (χ0) is 18.0. The van der Waals surface area contributed by atoms with Crippen molar-refractivity contribution >= 4 is 11.8 Å². The number of nitrogens with one attached hydrogen (secondary N) is 1. The average Bonchev–Trinajstić information content (AvgIpc) is 3.21. The predicted molar refractivity (Wildman–Crippen MR) is 92.7 cm³/mol. The van der Waals surface area contributed by atoms with E-state index in [1.807, 2.05) is 41.8 Å². The number of aromatic nitrogens is 3. The molecule has 1 aliphatic rings. The normalized spacial score (nSPS) is 16.9. The van der Waals surface area contributed by atoms with Crippen molar-refractivity contribution in [1.29, 1.82) is 0 Å². The van der Waals surface area contributed by atoms with E-state index in [2.05, 4.69) is 15.3 Å². The Morgan fingerprint density at radius 1 is 1.40 bits per heavy atom. The van der Waals surface area contributed by atoms with E-state index in [-0.39, 0.29) is 17.9 Å². The van der Waals surface area contributed by atoms with Crippen LogP contribution in [0.5, 0.6) is 0 Å². The van der Waals surface area contributed by atoms with Gasteiger partial charge in [-0.2, -0.15) is 0 Å². The molecule has 1 atom stereocenters. The van der Waals surface area contributed by atoms with E-state index in [4.69, 9.17) is 0 Å². The highest BCUT2D eigenvalue weighted by Crippen LogP contribution is 2.33. The smallest absolute Gasteiger partial charge is 0.271 e. The van der Waals surface area contributed by atoms with Crippen LogP contribution in [0.3, 0.4) is 0 Å². The fraction of sp³-hybridized carbons (Fsp3) is 0.444. The van der Waals surface area contributed by atoms with Gasteiger partial charge in [-0.3, -0.25) is 9.59 Å². The molecule has 1 fully saturated rings. The fourth-order valence-corrected chi connectivity index (χ4v) is 3.28. The first-order chi connectivity index (χ1) is 12.0. The molecule has 132 valence electrons. The van der Waals surface area contributed by atoms with Crippen LogP contribution in [0.25, 0.3) is 0 Å². The number of carbonyl (C=O) groups excluding carboxylic acids is 2. The van der Waals surface area contributed by atoms with Gasteiger partial charge in [0.15, 0.2) is 0 Å². The van der Waals surface area contributed by atoms with Crippen molar-refractivity contribution in [3.8, 4) is 0 Å². The van der Waals surface area contributed by atoms with Crippen LogP contribution < -0.4 is 5.32 Å². The summed E-state index contributed by atoms with van der Waals surface area (Å²) in [7, 11) is 1.87. The molecule has 1 saturated heterocycles. The van der Waals surface area contributed by atoms with Gasteiger partial charge >= 0.3 is 0 Å². The van der Waals surface area contributed by atoms with Gasteiger partial charge in [0.1, 0.15) is 11.5 Å². The second-order valence-electron chi connectivity index (χ2n) is 6.40. The molecule has 7 heteroatoms. The van der Waals surface area contributed by atoms with Crippen LogP contribution in [-0.2, 0) is 18.4 Å². The van der Waals surface area contributed by atoms with Crippen molar-refractivity contribution in [2.24, 2.45) is 7.05 Å². The van der Waals surface area contributed by atoms with Crippen LogP contribution >= 0.6 is 0 Å². The summed E-state index contributed by atoms with van der Waals surface area (Å²) in [4.78, 5) is 35.0. The Labute approximate surface area is 147 Å². The molecule has 2 aromatic rings. The quantitative estimate of drug-likeness (QED) is 0.918. The monoisotopic (exact) mass is 341 g/mol. The summed E-state index contributed by atoms with van der Waals surface area (Å²) in [5, 5.41) is 2.80. The summed E-state index contributed by atoms with van der Waals surface area (Å²) in [6.07, 6.45) is 5.41. The Morgan fingerprint density at radius 3 is 2.88 bits per heavy atom. The zero-order valence-electron chi connectivity index (χ0n) is 14.8. The molecule has 2 amide bonds. The molecule has 7 nitrogen and oxygen atoms in total. The first-order valence-electron chi connectivity index (χ1n) is 8.46. The number of rotatable bonds is 4. The van der Waals surface area contributed by atoms with Gasteiger partial charge in [-0.05, 0) is 31.9 Å². The number of amides is 2. The lowest BCUT2D eigenvalue weighted by molar-refractivity contribution is -0.119. The van der Waals surface area contributed by atoms with Crippen molar-refractivity contribution in [3.05, 3.63) is 47.3 Å². The molecule has 2 aromatic heterocycles. The fourth-order valence-electron chi connectivity index (χ4n) is 3.28. The molecule has 1 aliphatic heterocycles. The topological polar surface area (TPSA) is 80.1 Å². The second-order valence-corrected chi connectivity index (χ2v) is 6.40. The van der Waals surface area contributed by atoms with Crippen LogP contribution in [0.4, 0.5) is 0 Å². The Bertz CT molecular complexity index is 799. The van der Waals surface area contributed by atoms with E-state index in [9.17, 15) is 9.59 Å².